The summed E-state index contributed by atoms with van der Waals surface area (Å²) in [7, 11) is 3.24. The van der Waals surface area contributed by atoms with E-state index in [9.17, 15) is 5.11 Å². The molecule has 0 spiro atoms. The molecule has 0 unspecified atom stereocenters. The molecule has 0 atom stereocenters. The van der Waals surface area contributed by atoms with Crippen LogP contribution in [0.25, 0.3) is 0 Å². The normalized spacial score (nSPS) is 11.6. The van der Waals surface area contributed by atoms with Gasteiger partial charge < -0.3 is 19.3 Å². The smallest absolute Gasteiger partial charge is 0.126 e. The summed E-state index contributed by atoms with van der Waals surface area (Å²) in [6.07, 6.45) is 0.745. The van der Waals surface area contributed by atoms with Gasteiger partial charge in [-0.2, -0.15) is 0 Å². The van der Waals surface area contributed by atoms with Crippen LogP contribution in [-0.4, -0.2) is 25.9 Å². The monoisotopic (exact) mass is 358 g/mol. The van der Waals surface area contributed by atoms with E-state index in [1.54, 1.807) is 14.2 Å². The van der Waals surface area contributed by atoms with Gasteiger partial charge in [-0.05, 0) is 40.8 Å². The van der Waals surface area contributed by atoms with Crippen molar-refractivity contribution in [1.82, 2.24) is 0 Å². The first kappa shape index (κ1) is 20.3. The predicted molar refractivity (Wildman–Crippen MR) is 104 cm³/mol. The minimum absolute atomic E-state index is 0.139. The van der Waals surface area contributed by atoms with Crippen molar-refractivity contribution >= 4 is 0 Å². The van der Waals surface area contributed by atoms with E-state index in [4.69, 9.17) is 14.2 Å². The lowest BCUT2D eigenvalue weighted by atomic mass is 9.87. The van der Waals surface area contributed by atoms with Crippen molar-refractivity contribution in [2.75, 3.05) is 20.8 Å². The molecule has 2 rings (SSSR count). The fraction of sp³-hybridized carbons (Fsp3) is 0.455. The standard InChI is InChI=1S/C22H30O4/c1-22(2,3)19-6-8-20(9-7-19)26-11-10-16-12-17(14-24-4)21(23)18(13-16)15-25-5/h6-9,12-13,23H,10-11,14-15H2,1-5H3. The van der Waals surface area contributed by atoms with E-state index in [-0.39, 0.29) is 11.2 Å². The maximum atomic E-state index is 10.3. The number of benzene rings is 2. The molecular formula is C22H30O4. The van der Waals surface area contributed by atoms with Crippen molar-refractivity contribution in [3.63, 3.8) is 0 Å². The number of aromatic hydroxyl groups is 1. The molecule has 4 heteroatoms. The number of hydrogen-bond donors (Lipinski definition) is 1. The first-order chi connectivity index (χ1) is 12.3. The lowest BCUT2D eigenvalue weighted by molar-refractivity contribution is 0.174. The highest BCUT2D eigenvalue weighted by molar-refractivity contribution is 5.43. The Balaban J connectivity index is 2.02. The zero-order chi connectivity index (χ0) is 19.2. The number of rotatable bonds is 8. The molecule has 0 fully saturated rings. The maximum Gasteiger partial charge on any atom is 0.126 e. The lowest BCUT2D eigenvalue weighted by Crippen LogP contribution is -2.10. The van der Waals surface area contributed by atoms with Gasteiger partial charge in [0.25, 0.3) is 0 Å². The molecule has 0 aromatic heterocycles. The Hall–Kier alpha value is -2.04. The zero-order valence-corrected chi connectivity index (χ0v) is 16.5. The fourth-order valence-corrected chi connectivity index (χ4v) is 2.85. The molecule has 0 saturated carbocycles. The van der Waals surface area contributed by atoms with Crippen LogP contribution in [0.2, 0.25) is 0 Å². The SMILES string of the molecule is COCc1cc(CCOc2ccc(C(C)(C)C)cc2)cc(COC)c1O. The fourth-order valence-electron chi connectivity index (χ4n) is 2.85. The summed E-state index contributed by atoms with van der Waals surface area (Å²) in [6, 6.07) is 12.2. The highest BCUT2D eigenvalue weighted by Crippen LogP contribution is 2.27. The molecule has 2 aromatic rings. The minimum atomic E-state index is 0.139. The Labute approximate surface area is 156 Å². The Kier molecular flexibility index (Phi) is 7.06. The summed E-state index contributed by atoms with van der Waals surface area (Å²) in [5.74, 6) is 1.11. The average molecular weight is 358 g/mol. The van der Waals surface area contributed by atoms with Crippen LogP contribution in [0.1, 0.15) is 43.0 Å². The molecule has 0 saturated heterocycles. The van der Waals surface area contributed by atoms with Gasteiger partial charge in [-0.1, -0.05) is 32.9 Å². The Bertz CT molecular complexity index is 672. The van der Waals surface area contributed by atoms with Gasteiger partial charge in [0.15, 0.2) is 0 Å². The van der Waals surface area contributed by atoms with Crippen molar-refractivity contribution in [2.45, 2.75) is 45.8 Å². The van der Waals surface area contributed by atoms with E-state index in [0.29, 0.717) is 19.8 Å². The molecule has 0 heterocycles. The molecule has 1 N–H and O–H groups in total. The molecule has 0 aliphatic rings. The van der Waals surface area contributed by atoms with Gasteiger partial charge in [0.1, 0.15) is 11.5 Å². The van der Waals surface area contributed by atoms with E-state index in [0.717, 1.165) is 28.9 Å². The number of phenolic OH excluding ortho intramolecular Hbond substituents is 1. The van der Waals surface area contributed by atoms with Crippen LogP contribution in [0.15, 0.2) is 36.4 Å². The first-order valence-electron chi connectivity index (χ1n) is 8.90. The molecule has 0 radical (unpaired) electrons. The number of phenols is 1. The van der Waals surface area contributed by atoms with E-state index < -0.39 is 0 Å². The Morgan fingerprint density at radius 1 is 0.885 bits per heavy atom. The van der Waals surface area contributed by atoms with Gasteiger partial charge in [-0.25, -0.2) is 0 Å². The maximum absolute atomic E-state index is 10.3. The van der Waals surface area contributed by atoms with E-state index in [1.807, 2.05) is 24.3 Å². The zero-order valence-electron chi connectivity index (χ0n) is 16.5. The average Bonchev–Trinajstić information content (AvgIpc) is 2.59. The number of methoxy groups -OCH3 is 2. The largest absolute Gasteiger partial charge is 0.507 e. The highest BCUT2D eigenvalue weighted by Gasteiger charge is 2.13. The van der Waals surface area contributed by atoms with Gasteiger partial charge in [0.2, 0.25) is 0 Å². The molecule has 2 aromatic carbocycles. The van der Waals surface area contributed by atoms with E-state index in [1.165, 1.54) is 5.56 Å². The summed E-state index contributed by atoms with van der Waals surface area (Å²) < 4.78 is 16.2. The van der Waals surface area contributed by atoms with Crippen molar-refractivity contribution in [3.8, 4) is 11.5 Å². The highest BCUT2D eigenvalue weighted by atomic mass is 16.5. The van der Waals surface area contributed by atoms with Crippen LogP contribution < -0.4 is 4.74 Å². The van der Waals surface area contributed by atoms with Gasteiger partial charge in [0.05, 0.1) is 19.8 Å². The summed E-state index contributed by atoms with van der Waals surface area (Å²) >= 11 is 0. The molecule has 142 valence electrons. The molecule has 0 amide bonds. The van der Waals surface area contributed by atoms with E-state index in [2.05, 4.69) is 32.9 Å². The summed E-state index contributed by atoms with van der Waals surface area (Å²) in [5.41, 5.74) is 4.06. The summed E-state index contributed by atoms with van der Waals surface area (Å²) in [6.45, 7) is 7.89. The molecule has 0 bridgehead atoms. The van der Waals surface area contributed by atoms with E-state index >= 15 is 0 Å². The van der Waals surface area contributed by atoms with Crippen LogP contribution >= 0.6 is 0 Å². The van der Waals surface area contributed by atoms with Crippen LogP contribution in [0.3, 0.4) is 0 Å². The van der Waals surface area contributed by atoms with Gasteiger partial charge >= 0.3 is 0 Å². The van der Waals surface area contributed by atoms with Crippen LogP contribution in [0.5, 0.6) is 11.5 Å². The third kappa shape index (κ3) is 5.48. The number of hydrogen-bond acceptors (Lipinski definition) is 4. The van der Waals surface area contributed by atoms with Crippen LogP contribution in [-0.2, 0) is 34.5 Å². The summed E-state index contributed by atoms with van der Waals surface area (Å²) in [5, 5.41) is 10.3. The predicted octanol–water partition coefficient (Wildman–Crippen LogP) is 4.60. The minimum Gasteiger partial charge on any atom is -0.507 e. The number of ether oxygens (including phenoxy) is 3. The van der Waals surface area contributed by atoms with Crippen LogP contribution in [0.4, 0.5) is 0 Å². The van der Waals surface area contributed by atoms with Crippen LogP contribution in [0, 0.1) is 0 Å². The quantitative estimate of drug-likeness (QED) is 0.749. The van der Waals surface area contributed by atoms with Gasteiger partial charge in [-0.15, -0.1) is 0 Å². The topological polar surface area (TPSA) is 47.9 Å². The summed E-state index contributed by atoms with van der Waals surface area (Å²) in [4.78, 5) is 0. The molecule has 0 aliphatic carbocycles. The second kappa shape index (κ2) is 9.06. The molecule has 4 nitrogen and oxygen atoms in total. The lowest BCUT2D eigenvalue weighted by Gasteiger charge is -2.19. The third-order valence-corrected chi connectivity index (χ3v) is 4.31. The molecule has 0 aliphatic heterocycles. The van der Waals surface area contributed by atoms with Crippen molar-refractivity contribution in [2.24, 2.45) is 0 Å². The molecule has 26 heavy (non-hydrogen) atoms. The Morgan fingerprint density at radius 2 is 1.42 bits per heavy atom. The Morgan fingerprint density at radius 3 is 1.88 bits per heavy atom. The molecular weight excluding hydrogens is 328 g/mol. The second-order valence-electron chi connectivity index (χ2n) is 7.50. The van der Waals surface area contributed by atoms with Gasteiger partial charge in [-0.3, -0.25) is 0 Å². The van der Waals surface area contributed by atoms with Crippen molar-refractivity contribution < 1.29 is 19.3 Å². The van der Waals surface area contributed by atoms with Gasteiger partial charge in [0, 0.05) is 31.8 Å². The van der Waals surface area contributed by atoms with Crippen molar-refractivity contribution in [3.05, 3.63) is 58.7 Å². The second-order valence-corrected chi connectivity index (χ2v) is 7.50. The van der Waals surface area contributed by atoms with Crippen molar-refractivity contribution in [1.29, 1.82) is 0 Å². The first-order valence-corrected chi connectivity index (χ1v) is 8.90. The third-order valence-electron chi connectivity index (χ3n) is 4.31.